The highest BCUT2D eigenvalue weighted by molar-refractivity contribution is 5.79. The van der Waals surface area contributed by atoms with Crippen molar-refractivity contribution < 1.29 is 14.2 Å². The van der Waals surface area contributed by atoms with Crippen LogP contribution in [0.1, 0.15) is 30.3 Å². The Morgan fingerprint density at radius 1 is 1.08 bits per heavy atom. The first-order valence-corrected chi connectivity index (χ1v) is 9.24. The van der Waals surface area contributed by atoms with E-state index in [1.54, 1.807) is 14.2 Å². The molecule has 150 valence electrons. The van der Waals surface area contributed by atoms with Crippen LogP contribution in [0.2, 0.25) is 0 Å². The summed E-state index contributed by atoms with van der Waals surface area (Å²) in [6, 6.07) is 0. The second-order valence-corrected chi connectivity index (χ2v) is 5.95. The highest BCUT2D eigenvalue weighted by atomic mass is 16.5. The van der Waals surface area contributed by atoms with Gasteiger partial charge in [-0.05, 0) is 27.2 Å². The van der Waals surface area contributed by atoms with Gasteiger partial charge in [0.05, 0.1) is 38.6 Å². The Labute approximate surface area is 157 Å². The molecule has 26 heavy (non-hydrogen) atoms. The summed E-state index contributed by atoms with van der Waals surface area (Å²) >= 11 is 0. The SMILES string of the molecule is CCNC(=NCc1c(C)nn(CCOC)c1C)NCCCOCCOC. The van der Waals surface area contributed by atoms with Gasteiger partial charge < -0.3 is 24.8 Å². The minimum atomic E-state index is 0.602. The smallest absolute Gasteiger partial charge is 0.191 e. The van der Waals surface area contributed by atoms with E-state index in [9.17, 15) is 0 Å². The van der Waals surface area contributed by atoms with E-state index in [1.807, 2.05) is 11.6 Å². The molecule has 0 fully saturated rings. The predicted molar refractivity (Wildman–Crippen MR) is 104 cm³/mol. The van der Waals surface area contributed by atoms with E-state index >= 15 is 0 Å². The number of ether oxygens (including phenoxy) is 3. The Hall–Kier alpha value is -1.64. The molecule has 1 aromatic rings. The molecule has 1 aromatic heterocycles. The predicted octanol–water partition coefficient (Wildman–Crippen LogP) is 1.25. The van der Waals surface area contributed by atoms with Gasteiger partial charge in [0.1, 0.15) is 0 Å². The van der Waals surface area contributed by atoms with Crippen LogP contribution in [-0.2, 0) is 27.3 Å². The normalized spacial score (nSPS) is 11.8. The fraction of sp³-hybridized carbons (Fsp3) is 0.778. The zero-order valence-corrected chi connectivity index (χ0v) is 16.9. The van der Waals surface area contributed by atoms with Gasteiger partial charge >= 0.3 is 0 Å². The van der Waals surface area contributed by atoms with Gasteiger partial charge in [-0.15, -0.1) is 0 Å². The van der Waals surface area contributed by atoms with Crippen LogP contribution in [0.5, 0.6) is 0 Å². The summed E-state index contributed by atoms with van der Waals surface area (Å²) in [5, 5.41) is 11.2. The summed E-state index contributed by atoms with van der Waals surface area (Å²) in [7, 11) is 3.38. The molecule has 8 heteroatoms. The number of aliphatic imine (C=N–C) groups is 1. The maximum absolute atomic E-state index is 5.47. The number of hydrogen-bond donors (Lipinski definition) is 2. The van der Waals surface area contributed by atoms with Gasteiger partial charge in [0.15, 0.2) is 5.96 Å². The minimum absolute atomic E-state index is 0.602. The lowest BCUT2D eigenvalue weighted by Crippen LogP contribution is -2.38. The van der Waals surface area contributed by atoms with Crippen molar-refractivity contribution in [2.24, 2.45) is 4.99 Å². The molecule has 0 aromatic carbocycles. The quantitative estimate of drug-likeness (QED) is 0.309. The van der Waals surface area contributed by atoms with E-state index in [2.05, 4.69) is 29.6 Å². The Balaban J connectivity index is 2.51. The fourth-order valence-corrected chi connectivity index (χ4v) is 2.48. The first kappa shape index (κ1) is 22.4. The topological polar surface area (TPSA) is 81.9 Å². The van der Waals surface area contributed by atoms with Crippen molar-refractivity contribution in [3.05, 3.63) is 17.0 Å². The van der Waals surface area contributed by atoms with Crippen LogP contribution in [0, 0.1) is 13.8 Å². The average Bonchev–Trinajstić information content (AvgIpc) is 2.90. The van der Waals surface area contributed by atoms with E-state index in [1.165, 1.54) is 5.56 Å². The molecule has 1 rings (SSSR count). The second-order valence-electron chi connectivity index (χ2n) is 5.95. The largest absolute Gasteiger partial charge is 0.383 e. The summed E-state index contributed by atoms with van der Waals surface area (Å²) in [5.74, 6) is 0.813. The summed E-state index contributed by atoms with van der Waals surface area (Å²) in [6.07, 6.45) is 0.918. The van der Waals surface area contributed by atoms with Crippen LogP contribution in [-0.4, -0.2) is 69.5 Å². The molecule has 2 N–H and O–H groups in total. The molecule has 0 spiro atoms. The van der Waals surface area contributed by atoms with Gasteiger partial charge in [0.25, 0.3) is 0 Å². The van der Waals surface area contributed by atoms with Crippen LogP contribution in [0.25, 0.3) is 0 Å². The fourth-order valence-electron chi connectivity index (χ4n) is 2.48. The number of nitrogens with zero attached hydrogens (tertiary/aromatic N) is 3. The average molecular weight is 370 g/mol. The van der Waals surface area contributed by atoms with Crippen molar-refractivity contribution in [2.45, 2.75) is 40.3 Å². The van der Waals surface area contributed by atoms with Gasteiger partial charge in [0.2, 0.25) is 0 Å². The first-order chi connectivity index (χ1) is 12.6. The van der Waals surface area contributed by atoms with E-state index in [0.29, 0.717) is 33.0 Å². The molecule has 0 saturated carbocycles. The molecule has 0 aliphatic carbocycles. The lowest BCUT2D eigenvalue weighted by molar-refractivity contribution is 0.0698. The maximum Gasteiger partial charge on any atom is 0.191 e. The lowest BCUT2D eigenvalue weighted by Gasteiger charge is -2.11. The molecule has 8 nitrogen and oxygen atoms in total. The zero-order chi connectivity index (χ0) is 19.2. The summed E-state index contributed by atoms with van der Waals surface area (Å²) in [4.78, 5) is 4.70. The van der Waals surface area contributed by atoms with Crippen molar-refractivity contribution in [1.82, 2.24) is 20.4 Å². The Morgan fingerprint density at radius 2 is 1.85 bits per heavy atom. The third-order valence-electron chi connectivity index (χ3n) is 3.97. The van der Waals surface area contributed by atoms with E-state index in [-0.39, 0.29) is 0 Å². The van der Waals surface area contributed by atoms with E-state index in [4.69, 9.17) is 19.2 Å². The van der Waals surface area contributed by atoms with Gasteiger partial charge in [-0.25, -0.2) is 4.99 Å². The summed E-state index contributed by atoms with van der Waals surface area (Å²) < 4.78 is 17.5. The highest BCUT2D eigenvalue weighted by Crippen LogP contribution is 2.14. The molecule has 0 bridgehead atoms. The molecule has 1 heterocycles. The molecule has 0 aliphatic rings. The third-order valence-corrected chi connectivity index (χ3v) is 3.97. The molecule has 0 amide bonds. The van der Waals surface area contributed by atoms with Gasteiger partial charge in [-0.2, -0.15) is 5.10 Å². The molecule has 0 aliphatic heterocycles. The van der Waals surface area contributed by atoms with E-state index in [0.717, 1.165) is 43.4 Å². The Morgan fingerprint density at radius 3 is 2.54 bits per heavy atom. The van der Waals surface area contributed by atoms with Crippen LogP contribution < -0.4 is 10.6 Å². The molecule has 0 radical (unpaired) electrons. The maximum atomic E-state index is 5.47. The number of aryl methyl sites for hydroxylation is 1. The van der Waals surface area contributed by atoms with Crippen molar-refractivity contribution in [3.8, 4) is 0 Å². The molecule has 0 atom stereocenters. The molecular weight excluding hydrogens is 334 g/mol. The number of nitrogens with one attached hydrogen (secondary N) is 2. The second kappa shape index (κ2) is 13.5. The van der Waals surface area contributed by atoms with Crippen LogP contribution >= 0.6 is 0 Å². The standard InChI is InChI=1S/C18H35N5O3/c1-6-19-18(20-8-7-10-26-13-12-25-5)21-14-17-15(2)22-23(16(17)3)9-11-24-4/h6-14H2,1-5H3,(H2,19,20,21). The van der Waals surface area contributed by atoms with Crippen molar-refractivity contribution in [2.75, 3.05) is 53.7 Å². The number of aromatic nitrogens is 2. The molecular formula is C18H35N5O3. The summed E-state index contributed by atoms with van der Waals surface area (Å²) in [5.41, 5.74) is 3.33. The monoisotopic (exact) mass is 369 g/mol. The number of guanidine groups is 1. The van der Waals surface area contributed by atoms with Crippen molar-refractivity contribution >= 4 is 5.96 Å². The Kier molecular flexibility index (Phi) is 11.7. The zero-order valence-electron chi connectivity index (χ0n) is 16.9. The van der Waals surface area contributed by atoms with Crippen LogP contribution in [0.4, 0.5) is 0 Å². The van der Waals surface area contributed by atoms with Crippen LogP contribution in [0.15, 0.2) is 4.99 Å². The minimum Gasteiger partial charge on any atom is -0.383 e. The van der Waals surface area contributed by atoms with Gasteiger partial charge in [-0.3, -0.25) is 4.68 Å². The third kappa shape index (κ3) is 8.16. The lowest BCUT2D eigenvalue weighted by atomic mass is 10.2. The van der Waals surface area contributed by atoms with Gasteiger partial charge in [0, 0.05) is 45.2 Å². The molecule has 0 unspecified atom stereocenters. The highest BCUT2D eigenvalue weighted by Gasteiger charge is 2.11. The van der Waals surface area contributed by atoms with E-state index < -0.39 is 0 Å². The van der Waals surface area contributed by atoms with Gasteiger partial charge in [-0.1, -0.05) is 0 Å². The van der Waals surface area contributed by atoms with Crippen LogP contribution in [0.3, 0.4) is 0 Å². The number of methoxy groups -OCH3 is 2. The van der Waals surface area contributed by atoms with Crippen molar-refractivity contribution in [3.63, 3.8) is 0 Å². The Bertz CT molecular complexity index is 531. The first-order valence-electron chi connectivity index (χ1n) is 9.24. The van der Waals surface area contributed by atoms with Crippen molar-refractivity contribution in [1.29, 1.82) is 0 Å². The summed E-state index contributed by atoms with van der Waals surface area (Å²) in [6.45, 7) is 11.8. The number of hydrogen-bond acceptors (Lipinski definition) is 5. The molecule has 0 saturated heterocycles. The number of rotatable bonds is 13.